The Labute approximate surface area is 171 Å². The maximum Gasteiger partial charge on any atom is 0.294 e. The highest BCUT2D eigenvalue weighted by Gasteiger charge is 2.29. The van der Waals surface area contributed by atoms with Crippen LogP contribution in [0.25, 0.3) is 5.52 Å². The molecule has 0 saturated carbocycles. The van der Waals surface area contributed by atoms with Gasteiger partial charge in [-0.3, -0.25) is 15.2 Å². The summed E-state index contributed by atoms with van der Waals surface area (Å²) in [5.41, 5.74) is 5.48. The number of hydrogen-bond acceptors (Lipinski definition) is 6. The summed E-state index contributed by atoms with van der Waals surface area (Å²) in [6, 6.07) is 9.15. The largest absolute Gasteiger partial charge is 0.444 e. The van der Waals surface area contributed by atoms with Gasteiger partial charge in [0, 0.05) is 24.4 Å². The first-order chi connectivity index (χ1) is 14.5. The second-order valence-electron chi connectivity index (χ2n) is 6.81. The van der Waals surface area contributed by atoms with Crippen LogP contribution >= 0.6 is 0 Å². The molecule has 1 aliphatic heterocycles. The molecular formula is C21H19F2N5O2. The molecule has 30 heavy (non-hydrogen) atoms. The van der Waals surface area contributed by atoms with Crippen LogP contribution in [0.4, 0.5) is 8.78 Å². The number of aryl methyl sites for hydroxylation is 1. The fourth-order valence-electron chi connectivity index (χ4n) is 3.19. The highest BCUT2D eigenvalue weighted by Crippen LogP contribution is 2.20. The van der Waals surface area contributed by atoms with Gasteiger partial charge in [-0.25, -0.2) is 13.3 Å². The van der Waals surface area contributed by atoms with E-state index in [0.29, 0.717) is 34.5 Å². The number of nitrogens with zero attached hydrogens (tertiary/aromatic N) is 4. The Morgan fingerprint density at radius 2 is 2.20 bits per heavy atom. The molecule has 0 spiro atoms. The number of fused-ring (bicyclic) bond motifs is 1. The molecular weight excluding hydrogens is 392 g/mol. The van der Waals surface area contributed by atoms with Gasteiger partial charge in [0.25, 0.3) is 6.43 Å². The molecule has 0 aromatic carbocycles. The van der Waals surface area contributed by atoms with E-state index in [1.807, 2.05) is 37.4 Å². The van der Waals surface area contributed by atoms with Crippen molar-refractivity contribution in [1.29, 1.82) is 0 Å². The van der Waals surface area contributed by atoms with Gasteiger partial charge < -0.3 is 4.74 Å². The maximum absolute atomic E-state index is 13.1. The van der Waals surface area contributed by atoms with E-state index in [1.54, 1.807) is 10.6 Å². The Kier molecular flexibility index (Phi) is 5.26. The number of pyridine rings is 2. The van der Waals surface area contributed by atoms with Gasteiger partial charge in [0.05, 0.1) is 22.5 Å². The Balaban J connectivity index is 1.57. The molecule has 0 aliphatic carbocycles. The topological polar surface area (TPSA) is 80.9 Å². The van der Waals surface area contributed by atoms with Crippen molar-refractivity contribution in [2.75, 3.05) is 0 Å². The third-order valence-corrected chi connectivity index (χ3v) is 4.69. The zero-order chi connectivity index (χ0) is 21.3. The number of halogens is 2. The standard InChI is InChI=1S/C21H19F2N5O2/c1-3-17-16(9-13(11-24-17)20-25-26-21(30-20)19(22)23)18(29)12(2)8-14-10-15-6-4-5-7-28(15)27-14/h4-7,9-11,19,21,26H,2-3,8H2,1H3. The molecule has 1 N–H and O–H groups in total. The normalized spacial score (nSPS) is 15.7. The Morgan fingerprint density at radius 3 is 2.90 bits per heavy atom. The van der Waals surface area contributed by atoms with Crippen molar-refractivity contribution in [1.82, 2.24) is 20.0 Å². The van der Waals surface area contributed by atoms with Gasteiger partial charge in [-0.15, -0.1) is 5.10 Å². The lowest BCUT2D eigenvalue weighted by molar-refractivity contribution is 0.000577. The fourth-order valence-corrected chi connectivity index (χ4v) is 3.19. The Hall–Kier alpha value is -3.62. The van der Waals surface area contributed by atoms with E-state index < -0.39 is 12.7 Å². The highest BCUT2D eigenvalue weighted by molar-refractivity contribution is 6.10. The molecule has 4 heterocycles. The number of rotatable bonds is 7. The molecule has 0 saturated heterocycles. The molecule has 1 aliphatic rings. The highest BCUT2D eigenvalue weighted by atomic mass is 19.3. The first kappa shape index (κ1) is 19.7. The summed E-state index contributed by atoms with van der Waals surface area (Å²) in [6.45, 7) is 5.81. The lowest BCUT2D eigenvalue weighted by Crippen LogP contribution is -2.30. The maximum atomic E-state index is 13.1. The summed E-state index contributed by atoms with van der Waals surface area (Å²) in [4.78, 5) is 17.4. The molecule has 0 bridgehead atoms. The number of aromatic nitrogens is 3. The second-order valence-corrected chi connectivity index (χ2v) is 6.81. The van der Waals surface area contributed by atoms with Gasteiger partial charge in [-0.2, -0.15) is 5.10 Å². The third-order valence-electron chi connectivity index (χ3n) is 4.69. The summed E-state index contributed by atoms with van der Waals surface area (Å²) in [7, 11) is 0. The zero-order valence-corrected chi connectivity index (χ0v) is 16.2. The lowest BCUT2D eigenvalue weighted by Gasteiger charge is -2.12. The molecule has 3 aromatic rings. The van der Waals surface area contributed by atoms with Crippen LogP contribution in [0.3, 0.4) is 0 Å². The van der Waals surface area contributed by atoms with E-state index in [-0.39, 0.29) is 18.1 Å². The number of alkyl halides is 2. The summed E-state index contributed by atoms with van der Waals surface area (Å²) >= 11 is 0. The number of Topliss-reactive ketones (excluding diaryl/α,β-unsaturated/α-hetero) is 1. The number of ketones is 1. The first-order valence-electron chi connectivity index (χ1n) is 9.39. The minimum Gasteiger partial charge on any atom is -0.444 e. The Bertz CT molecular complexity index is 1120. The number of carbonyl (C=O) groups is 1. The predicted octanol–water partition coefficient (Wildman–Crippen LogP) is 3.15. The zero-order valence-electron chi connectivity index (χ0n) is 16.2. The third kappa shape index (κ3) is 3.78. The molecule has 0 amide bonds. The van der Waals surface area contributed by atoms with Crippen LogP contribution in [0, 0.1) is 0 Å². The van der Waals surface area contributed by atoms with E-state index in [9.17, 15) is 13.6 Å². The molecule has 0 fully saturated rings. The summed E-state index contributed by atoms with van der Waals surface area (Å²) in [5, 5.41) is 8.23. The van der Waals surface area contributed by atoms with E-state index in [4.69, 9.17) is 4.74 Å². The van der Waals surface area contributed by atoms with Crippen molar-refractivity contribution in [3.05, 3.63) is 77.4 Å². The quantitative estimate of drug-likeness (QED) is 0.477. The van der Waals surface area contributed by atoms with Crippen molar-refractivity contribution in [2.24, 2.45) is 5.10 Å². The minimum absolute atomic E-state index is 0.0320. The smallest absolute Gasteiger partial charge is 0.294 e. The fraction of sp³-hybridized carbons (Fsp3) is 0.238. The van der Waals surface area contributed by atoms with Crippen LogP contribution in [0.2, 0.25) is 0 Å². The summed E-state index contributed by atoms with van der Waals surface area (Å²) < 4.78 is 32.4. The van der Waals surface area contributed by atoms with Crippen LogP contribution in [-0.4, -0.2) is 38.9 Å². The molecule has 1 unspecified atom stereocenters. The molecule has 154 valence electrons. The van der Waals surface area contributed by atoms with E-state index in [0.717, 1.165) is 5.52 Å². The summed E-state index contributed by atoms with van der Waals surface area (Å²) in [6.07, 6.45) is -0.172. The predicted molar refractivity (Wildman–Crippen MR) is 107 cm³/mol. The average molecular weight is 411 g/mol. The van der Waals surface area contributed by atoms with Crippen molar-refractivity contribution >= 4 is 17.2 Å². The second kappa shape index (κ2) is 8.02. The van der Waals surface area contributed by atoms with Gasteiger partial charge in [0.15, 0.2) is 5.78 Å². The monoisotopic (exact) mass is 411 g/mol. The van der Waals surface area contributed by atoms with Crippen molar-refractivity contribution < 1.29 is 18.3 Å². The molecule has 3 aromatic heterocycles. The molecule has 0 radical (unpaired) electrons. The van der Waals surface area contributed by atoms with Crippen LogP contribution in [0.15, 0.2) is 60.0 Å². The van der Waals surface area contributed by atoms with Gasteiger partial charge in [-0.05, 0) is 36.3 Å². The van der Waals surface area contributed by atoms with Gasteiger partial charge in [-0.1, -0.05) is 19.6 Å². The molecule has 9 heteroatoms. The molecule has 4 rings (SSSR count). The number of hydrazone groups is 1. The minimum atomic E-state index is -2.74. The van der Waals surface area contributed by atoms with Crippen molar-refractivity contribution in [3.63, 3.8) is 0 Å². The van der Waals surface area contributed by atoms with Crippen molar-refractivity contribution in [3.8, 4) is 0 Å². The van der Waals surface area contributed by atoms with Crippen LogP contribution < -0.4 is 5.43 Å². The summed E-state index contributed by atoms with van der Waals surface area (Å²) in [5.74, 6) is -0.314. The number of hydrogen-bond donors (Lipinski definition) is 1. The van der Waals surface area contributed by atoms with E-state index in [1.165, 1.54) is 6.20 Å². The van der Waals surface area contributed by atoms with Gasteiger partial charge >= 0.3 is 0 Å². The number of nitrogens with one attached hydrogen (secondary N) is 1. The number of allylic oxidation sites excluding steroid dienone is 1. The van der Waals surface area contributed by atoms with Crippen molar-refractivity contribution in [2.45, 2.75) is 32.4 Å². The van der Waals surface area contributed by atoms with Crippen LogP contribution in [0.5, 0.6) is 0 Å². The van der Waals surface area contributed by atoms with Gasteiger partial charge in [0.1, 0.15) is 0 Å². The molecule has 7 nitrogen and oxygen atoms in total. The average Bonchev–Trinajstić information content (AvgIpc) is 3.39. The number of carbonyl (C=O) groups excluding carboxylic acids is 1. The molecule has 1 atom stereocenters. The van der Waals surface area contributed by atoms with Gasteiger partial charge in [0.2, 0.25) is 12.1 Å². The SMILES string of the molecule is C=C(Cc1cc2ccccn2n1)C(=O)c1cc(C2=NNC(C(F)F)O2)cnc1CC. The Morgan fingerprint density at radius 1 is 1.37 bits per heavy atom. The first-order valence-corrected chi connectivity index (χ1v) is 9.39. The lowest BCUT2D eigenvalue weighted by atomic mass is 9.97. The number of ether oxygens (including phenoxy) is 1. The van der Waals surface area contributed by atoms with E-state index in [2.05, 4.69) is 27.2 Å². The van der Waals surface area contributed by atoms with E-state index >= 15 is 0 Å². The van der Waals surface area contributed by atoms with Crippen LogP contribution in [-0.2, 0) is 17.6 Å². The van der Waals surface area contributed by atoms with Crippen LogP contribution in [0.1, 0.15) is 34.2 Å².